The van der Waals surface area contributed by atoms with Gasteiger partial charge in [0.2, 0.25) is 0 Å². The molecule has 0 amide bonds. The molecule has 0 fully saturated rings. The van der Waals surface area contributed by atoms with E-state index in [1.165, 1.54) is 3.97 Å². The maximum atomic E-state index is 13.2. The van der Waals surface area contributed by atoms with Crippen LogP contribution in [0.3, 0.4) is 0 Å². The summed E-state index contributed by atoms with van der Waals surface area (Å²) in [6.07, 6.45) is 3.31. The third-order valence-corrected chi connectivity index (χ3v) is 6.29. The molecule has 0 radical (unpaired) electrons. The Morgan fingerprint density at radius 2 is 1.61 bits per heavy atom. The van der Waals surface area contributed by atoms with Crippen LogP contribution in [0.15, 0.2) is 40.0 Å². The van der Waals surface area contributed by atoms with Crippen molar-refractivity contribution in [2.24, 2.45) is 0 Å². The van der Waals surface area contributed by atoms with Crippen LogP contribution in [-0.2, 0) is 10.0 Å². The molecule has 0 N–H and O–H groups in total. The summed E-state index contributed by atoms with van der Waals surface area (Å²) in [5.74, 6) is 0. The molecule has 3 rings (SSSR count). The van der Waals surface area contributed by atoms with Gasteiger partial charge in [-0.2, -0.15) is 0 Å². The highest BCUT2D eigenvalue weighted by Crippen LogP contribution is 2.29. The molecule has 0 aliphatic heterocycles. The summed E-state index contributed by atoms with van der Waals surface area (Å²) in [5.41, 5.74) is 4.67. The zero-order chi connectivity index (χ0) is 16.9. The summed E-state index contributed by atoms with van der Waals surface area (Å²) in [6.45, 7) is 7.50. The first-order valence-electron chi connectivity index (χ1n) is 7.18. The average Bonchev–Trinajstić information content (AvgIpc) is 2.74. The van der Waals surface area contributed by atoms with Crippen molar-refractivity contribution in [2.75, 3.05) is 0 Å². The van der Waals surface area contributed by atoms with Gasteiger partial charge in [0.1, 0.15) is 0 Å². The first kappa shape index (κ1) is 16.2. The van der Waals surface area contributed by atoms with E-state index in [2.05, 4.69) is 20.9 Å². The van der Waals surface area contributed by atoms with E-state index in [0.717, 1.165) is 26.7 Å². The normalized spacial score (nSPS) is 12.0. The molecule has 3 aromatic rings. The molecule has 0 atom stereocenters. The molecule has 0 saturated carbocycles. The van der Waals surface area contributed by atoms with Gasteiger partial charge < -0.3 is 0 Å². The third-order valence-electron chi connectivity index (χ3n) is 3.88. The van der Waals surface area contributed by atoms with Crippen LogP contribution < -0.4 is 0 Å². The van der Waals surface area contributed by atoms with Gasteiger partial charge in [-0.3, -0.25) is 4.98 Å². The molecule has 0 bridgehead atoms. The minimum atomic E-state index is -3.68. The molecular formula is C17H17BrN2O2S. The van der Waals surface area contributed by atoms with E-state index in [4.69, 9.17) is 0 Å². The van der Waals surface area contributed by atoms with Crippen molar-refractivity contribution < 1.29 is 8.42 Å². The van der Waals surface area contributed by atoms with Gasteiger partial charge in [-0.25, -0.2) is 12.4 Å². The van der Waals surface area contributed by atoms with Crippen LogP contribution >= 0.6 is 15.9 Å². The second-order valence-electron chi connectivity index (χ2n) is 5.86. The predicted molar refractivity (Wildman–Crippen MR) is 95.4 cm³/mol. The number of halogens is 1. The average molecular weight is 393 g/mol. The minimum absolute atomic E-state index is 0.361. The highest BCUT2D eigenvalue weighted by Gasteiger charge is 2.24. The summed E-state index contributed by atoms with van der Waals surface area (Å²) in [4.78, 5) is 4.70. The molecule has 120 valence electrons. The van der Waals surface area contributed by atoms with Crippen molar-refractivity contribution >= 4 is 37.0 Å². The molecule has 0 saturated heterocycles. The Balaban J connectivity index is 2.36. The van der Waals surface area contributed by atoms with Crippen LogP contribution in [0.5, 0.6) is 0 Å². The molecular weight excluding hydrogens is 376 g/mol. The second kappa shape index (κ2) is 5.46. The number of benzene rings is 1. The number of hydrogen-bond donors (Lipinski definition) is 0. The van der Waals surface area contributed by atoms with Crippen LogP contribution in [0.1, 0.15) is 22.3 Å². The summed E-state index contributed by atoms with van der Waals surface area (Å²) in [6, 6.07) is 5.57. The van der Waals surface area contributed by atoms with Gasteiger partial charge >= 0.3 is 0 Å². The van der Waals surface area contributed by atoms with Crippen LogP contribution in [0.4, 0.5) is 0 Å². The van der Waals surface area contributed by atoms with Crippen molar-refractivity contribution in [1.29, 1.82) is 0 Å². The van der Waals surface area contributed by atoms with Gasteiger partial charge in [-0.05, 0) is 66.4 Å². The van der Waals surface area contributed by atoms with Crippen molar-refractivity contribution in [1.82, 2.24) is 8.96 Å². The van der Waals surface area contributed by atoms with Gasteiger partial charge in [0.25, 0.3) is 10.0 Å². The first-order valence-corrected chi connectivity index (χ1v) is 9.42. The Hall–Kier alpha value is -1.66. The van der Waals surface area contributed by atoms with E-state index < -0.39 is 10.0 Å². The number of fused-ring (bicyclic) bond motifs is 1. The van der Waals surface area contributed by atoms with Crippen molar-refractivity contribution in [2.45, 2.75) is 32.6 Å². The van der Waals surface area contributed by atoms with Gasteiger partial charge in [0.15, 0.2) is 0 Å². The molecule has 6 heteroatoms. The maximum Gasteiger partial charge on any atom is 0.268 e. The van der Waals surface area contributed by atoms with Crippen molar-refractivity contribution in [3.63, 3.8) is 0 Å². The van der Waals surface area contributed by atoms with E-state index in [0.29, 0.717) is 15.9 Å². The Morgan fingerprint density at radius 1 is 1.00 bits per heavy atom. The zero-order valence-corrected chi connectivity index (χ0v) is 15.8. The largest absolute Gasteiger partial charge is 0.268 e. The monoisotopic (exact) mass is 392 g/mol. The molecule has 4 nitrogen and oxygen atoms in total. The SMILES string of the molecule is Cc1cc(C)c(S(=O)(=O)n2cc(C)c3ncc(Br)cc32)c(C)c1. The predicted octanol–water partition coefficient (Wildman–Crippen LogP) is 4.27. The Morgan fingerprint density at radius 3 is 2.22 bits per heavy atom. The molecule has 0 aliphatic rings. The summed E-state index contributed by atoms with van der Waals surface area (Å²) < 4.78 is 28.6. The fourth-order valence-corrected chi connectivity index (χ4v) is 5.22. The lowest BCUT2D eigenvalue weighted by Gasteiger charge is -2.14. The second-order valence-corrected chi connectivity index (χ2v) is 8.53. The molecule has 23 heavy (non-hydrogen) atoms. The van der Waals surface area contributed by atoms with E-state index in [9.17, 15) is 8.42 Å². The third kappa shape index (κ3) is 2.60. The molecule has 2 aromatic heterocycles. The van der Waals surface area contributed by atoms with E-state index in [1.807, 2.05) is 39.8 Å². The number of hydrogen-bond acceptors (Lipinski definition) is 3. The van der Waals surface area contributed by atoms with Crippen molar-refractivity contribution in [3.8, 4) is 0 Å². The van der Waals surface area contributed by atoms with E-state index in [-0.39, 0.29) is 0 Å². The zero-order valence-electron chi connectivity index (χ0n) is 13.4. The van der Waals surface area contributed by atoms with Gasteiger partial charge in [0, 0.05) is 16.9 Å². The van der Waals surface area contributed by atoms with Gasteiger partial charge in [-0.15, -0.1) is 0 Å². The van der Waals surface area contributed by atoms with Crippen LogP contribution in [0.25, 0.3) is 11.0 Å². The number of nitrogens with zero attached hydrogens (tertiary/aromatic N) is 2. The first-order chi connectivity index (χ1) is 10.7. The smallest absolute Gasteiger partial charge is 0.253 e. The van der Waals surface area contributed by atoms with E-state index in [1.54, 1.807) is 18.5 Å². The Labute approximate surface area is 144 Å². The van der Waals surface area contributed by atoms with Gasteiger partial charge in [0.05, 0.1) is 15.9 Å². The number of aryl methyl sites for hydroxylation is 4. The molecule has 0 spiro atoms. The number of pyridine rings is 1. The number of aromatic nitrogens is 2. The van der Waals surface area contributed by atoms with Crippen LogP contribution in [0.2, 0.25) is 0 Å². The fraction of sp³-hybridized carbons (Fsp3) is 0.235. The lowest BCUT2D eigenvalue weighted by molar-refractivity contribution is 0.587. The highest BCUT2D eigenvalue weighted by atomic mass is 79.9. The lowest BCUT2D eigenvalue weighted by atomic mass is 10.1. The summed E-state index contributed by atoms with van der Waals surface area (Å²) in [5, 5.41) is 0. The summed E-state index contributed by atoms with van der Waals surface area (Å²) in [7, 11) is -3.68. The Kier molecular flexibility index (Phi) is 3.84. The quantitative estimate of drug-likeness (QED) is 0.654. The van der Waals surface area contributed by atoms with Gasteiger partial charge in [-0.1, -0.05) is 17.7 Å². The number of rotatable bonds is 2. The fourth-order valence-electron chi connectivity index (χ4n) is 3.08. The summed E-state index contributed by atoms with van der Waals surface area (Å²) >= 11 is 3.37. The Bertz CT molecular complexity index is 1010. The standard InChI is InChI=1S/C17H17BrN2O2S/c1-10-5-11(2)17(12(3)6-10)23(21,22)20-9-13(4)16-15(20)7-14(18)8-19-16/h5-9H,1-4H3. The van der Waals surface area contributed by atoms with E-state index >= 15 is 0 Å². The molecule has 0 unspecified atom stereocenters. The van der Waals surface area contributed by atoms with Crippen LogP contribution in [0, 0.1) is 27.7 Å². The maximum absolute atomic E-state index is 13.2. The van der Waals surface area contributed by atoms with Crippen molar-refractivity contribution in [3.05, 3.63) is 57.3 Å². The topological polar surface area (TPSA) is 52.0 Å². The minimum Gasteiger partial charge on any atom is -0.253 e. The lowest BCUT2D eigenvalue weighted by Crippen LogP contribution is -2.15. The molecule has 2 heterocycles. The van der Waals surface area contributed by atoms with Crippen LogP contribution in [-0.4, -0.2) is 17.4 Å². The molecule has 1 aromatic carbocycles. The highest BCUT2D eigenvalue weighted by molar-refractivity contribution is 9.10. The molecule has 0 aliphatic carbocycles.